The second kappa shape index (κ2) is 4.53. The summed E-state index contributed by atoms with van der Waals surface area (Å²) in [4.78, 5) is 20.8. The molecule has 0 aromatic heterocycles. The van der Waals surface area contributed by atoms with Crippen LogP contribution in [0.15, 0.2) is 0 Å². The van der Waals surface area contributed by atoms with E-state index in [1.165, 1.54) is 29.5 Å². The number of carbonyl (C=O) groups excluding carboxylic acids is 2. The molecule has 0 saturated carbocycles. The van der Waals surface area contributed by atoms with Gasteiger partial charge < -0.3 is 9.97 Å². The van der Waals surface area contributed by atoms with Gasteiger partial charge in [-0.15, -0.1) is 0 Å². The zero-order chi connectivity index (χ0) is 8.15. The highest BCUT2D eigenvalue weighted by Crippen LogP contribution is 1.89. The summed E-state index contributed by atoms with van der Waals surface area (Å²) in [6.07, 6.45) is 0. The van der Waals surface area contributed by atoms with Crippen LogP contribution in [0.25, 0.3) is 0 Å². The minimum atomic E-state index is -0.686. The van der Waals surface area contributed by atoms with Crippen LogP contribution in [-0.2, 0) is 9.45 Å². The third-order valence-electron chi connectivity index (χ3n) is 0.800. The summed E-state index contributed by atoms with van der Waals surface area (Å²) in [7, 11) is 4.55. The van der Waals surface area contributed by atoms with Gasteiger partial charge in [-0.05, 0) is 6.92 Å². The normalized spacial score (nSPS) is 11.8. The number of hydrogen-bond acceptors (Lipinski definition) is 3. The molecular weight excluding hydrogens is 248 g/mol. The molecule has 2 radical (unpaired) electrons. The van der Waals surface area contributed by atoms with Crippen molar-refractivity contribution in [3.05, 3.63) is 0 Å². The van der Waals surface area contributed by atoms with E-state index >= 15 is 0 Å². The van der Waals surface area contributed by atoms with Crippen LogP contribution in [0.4, 0.5) is 4.79 Å². The van der Waals surface area contributed by atoms with Crippen molar-refractivity contribution in [1.82, 2.24) is 5.32 Å². The van der Waals surface area contributed by atoms with Crippen LogP contribution < -0.4 is 5.32 Å². The molecule has 0 aliphatic heterocycles. The highest BCUT2D eigenvalue weighted by Gasteiger charge is 2.12. The number of amides is 1. The lowest BCUT2D eigenvalue weighted by Gasteiger charge is -2.08. The zero-order valence-electron chi connectivity index (χ0n) is 5.26. The van der Waals surface area contributed by atoms with E-state index < -0.39 is 12.0 Å². The van der Waals surface area contributed by atoms with Crippen LogP contribution in [0, 0.1) is 0 Å². The Hall–Kier alpha value is -0.265. The van der Waals surface area contributed by atoms with Crippen molar-refractivity contribution in [3.63, 3.8) is 0 Å². The fourth-order valence-corrected chi connectivity index (χ4v) is 0.798. The number of halogens is 1. The number of carbonyl (C=O) groups is 2. The van der Waals surface area contributed by atoms with Gasteiger partial charge in [-0.3, -0.25) is 9.59 Å². The maximum Gasteiger partial charge on any atom is 0.378 e. The van der Waals surface area contributed by atoms with Crippen LogP contribution >= 0.6 is 22.6 Å². The van der Waals surface area contributed by atoms with E-state index in [-0.39, 0.29) is 3.91 Å². The molecule has 1 atom stereocenters. The molecule has 1 unspecified atom stereocenters. The average molecular weight is 253 g/mol. The van der Waals surface area contributed by atoms with E-state index in [9.17, 15) is 9.59 Å². The molecule has 1 amide bonds. The third kappa shape index (κ3) is 3.70. The van der Waals surface area contributed by atoms with Crippen molar-refractivity contribution >= 4 is 40.5 Å². The summed E-state index contributed by atoms with van der Waals surface area (Å²) in [5.74, 6) is -0.662. The number of hydrogen-bond donors (Lipinski definition) is 1. The van der Waals surface area contributed by atoms with Crippen molar-refractivity contribution in [1.29, 1.82) is 0 Å². The first kappa shape index (κ1) is 9.73. The first-order valence-electron chi connectivity index (χ1n) is 2.44. The average Bonchev–Trinajstić information content (AvgIpc) is 1.85. The lowest BCUT2D eigenvalue weighted by Crippen LogP contribution is -2.36. The fraction of sp³-hybridized carbons (Fsp3) is 0.500. The van der Waals surface area contributed by atoms with E-state index in [4.69, 9.17) is 0 Å². The van der Waals surface area contributed by atoms with Gasteiger partial charge in [-0.25, -0.2) is 0 Å². The molecule has 0 spiro atoms. The predicted octanol–water partition coefficient (Wildman–Crippen LogP) is 0.146. The minimum absolute atomic E-state index is 0.324. The quantitative estimate of drug-likeness (QED) is 0.329. The van der Waals surface area contributed by atoms with Crippen molar-refractivity contribution in [2.75, 3.05) is 0 Å². The Kier molecular flexibility index (Phi) is 4.41. The van der Waals surface area contributed by atoms with Gasteiger partial charge in [-0.2, -0.15) is 0 Å². The molecule has 0 fully saturated rings. The fourth-order valence-electron chi connectivity index (χ4n) is 0.331. The summed E-state index contributed by atoms with van der Waals surface area (Å²) >= 11 is 1.51. The van der Waals surface area contributed by atoms with Gasteiger partial charge in [0, 0.05) is 22.6 Å². The Morgan fingerprint density at radius 2 is 2.20 bits per heavy atom. The van der Waals surface area contributed by atoms with Crippen LogP contribution in [-0.4, -0.2) is 24.0 Å². The first-order chi connectivity index (χ1) is 4.57. The molecule has 0 saturated heterocycles. The van der Waals surface area contributed by atoms with Gasteiger partial charge in [0.1, 0.15) is 6.04 Å². The van der Waals surface area contributed by atoms with E-state index in [1.807, 2.05) is 0 Å². The molecule has 0 rings (SSSR count). The highest BCUT2D eigenvalue weighted by molar-refractivity contribution is 14.1. The van der Waals surface area contributed by atoms with Crippen molar-refractivity contribution < 1.29 is 14.2 Å². The lowest BCUT2D eigenvalue weighted by molar-refractivity contribution is -0.135. The van der Waals surface area contributed by atoms with Gasteiger partial charge in [0.2, 0.25) is 0 Å². The Balaban J connectivity index is 3.72. The second-order valence-corrected chi connectivity index (χ2v) is 2.56. The Bertz CT molecular complexity index is 151. The highest BCUT2D eigenvalue weighted by atomic mass is 127. The molecule has 0 aromatic rings. The van der Waals surface area contributed by atoms with E-state index in [1.54, 1.807) is 0 Å². The molecule has 0 aliphatic rings. The zero-order valence-corrected chi connectivity index (χ0v) is 7.41. The van der Waals surface area contributed by atoms with Crippen LogP contribution in [0.3, 0.4) is 0 Å². The summed E-state index contributed by atoms with van der Waals surface area (Å²) in [6, 6.07) is -0.686. The maximum atomic E-state index is 10.5. The SMILES string of the molecule is [B]OC(=O)C(C)NC(=O)I. The molecule has 4 nitrogen and oxygen atoms in total. The van der Waals surface area contributed by atoms with Crippen molar-refractivity contribution in [3.8, 4) is 0 Å². The van der Waals surface area contributed by atoms with Crippen molar-refractivity contribution in [2.24, 2.45) is 0 Å². The standard InChI is InChI=1S/C4H5BINO3/c1-2(3(8)10-5)7-4(6)9/h2H,1H3,(H,7,9). The van der Waals surface area contributed by atoms with Crippen LogP contribution in [0.1, 0.15) is 6.92 Å². The summed E-state index contributed by atoms with van der Waals surface area (Å²) in [6.45, 7) is 1.48. The summed E-state index contributed by atoms with van der Waals surface area (Å²) < 4.78 is 3.53. The van der Waals surface area contributed by atoms with E-state index in [0.717, 1.165) is 0 Å². The minimum Gasteiger partial charge on any atom is -0.542 e. The summed E-state index contributed by atoms with van der Waals surface area (Å²) in [5.41, 5.74) is 0. The number of nitrogens with one attached hydrogen (secondary N) is 1. The first-order valence-corrected chi connectivity index (χ1v) is 3.52. The van der Waals surface area contributed by atoms with Crippen molar-refractivity contribution in [2.45, 2.75) is 13.0 Å². The Labute approximate surface area is 73.3 Å². The Morgan fingerprint density at radius 1 is 1.70 bits per heavy atom. The lowest BCUT2D eigenvalue weighted by atomic mass is 10.3. The molecule has 0 heterocycles. The molecule has 6 heteroatoms. The van der Waals surface area contributed by atoms with Gasteiger partial charge in [-0.1, -0.05) is 0 Å². The van der Waals surface area contributed by atoms with Gasteiger partial charge in [0.05, 0.1) is 0 Å². The maximum absolute atomic E-state index is 10.5. The van der Waals surface area contributed by atoms with Gasteiger partial charge in [0.25, 0.3) is 3.91 Å². The monoisotopic (exact) mass is 253 g/mol. The number of rotatable bonds is 2. The largest absolute Gasteiger partial charge is 0.542 e. The smallest absolute Gasteiger partial charge is 0.378 e. The molecule has 0 aromatic carbocycles. The van der Waals surface area contributed by atoms with E-state index in [2.05, 4.69) is 18.0 Å². The second-order valence-electron chi connectivity index (χ2n) is 1.58. The van der Waals surface area contributed by atoms with Gasteiger partial charge in [0.15, 0.2) is 0 Å². The third-order valence-corrected chi connectivity index (χ3v) is 1.11. The molecule has 54 valence electrons. The molecule has 0 aliphatic carbocycles. The molecule has 10 heavy (non-hydrogen) atoms. The van der Waals surface area contributed by atoms with E-state index in [0.29, 0.717) is 0 Å². The molecule has 0 bridgehead atoms. The molecule has 1 N–H and O–H groups in total. The predicted molar refractivity (Wildman–Crippen MR) is 43.9 cm³/mol. The Morgan fingerprint density at radius 3 is 2.50 bits per heavy atom. The van der Waals surface area contributed by atoms with Crippen LogP contribution in [0.2, 0.25) is 0 Å². The van der Waals surface area contributed by atoms with Gasteiger partial charge >= 0.3 is 14.0 Å². The topological polar surface area (TPSA) is 55.4 Å². The summed E-state index contributed by atoms with van der Waals surface area (Å²) in [5, 5.41) is 2.29. The molecular formula is C4H5BINO3. The van der Waals surface area contributed by atoms with Crippen LogP contribution in [0.5, 0.6) is 0 Å².